The van der Waals surface area contributed by atoms with E-state index in [9.17, 15) is 4.79 Å². The van der Waals surface area contributed by atoms with Gasteiger partial charge >= 0.3 is 0 Å². The SMILES string of the molecule is CCOC1CC(N)(C(=O)N2CCC(Cn3cccn3)CC2)C1(C)C.Cl.Cl. The van der Waals surface area contributed by atoms with Crippen LogP contribution in [0.3, 0.4) is 0 Å². The van der Waals surface area contributed by atoms with E-state index in [2.05, 4.69) is 18.9 Å². The van der Waals surface area contributed by atoms with Crippen molar-refractivity contribution in [2.24, 2.45) is 17.1 Å². The maximum absolute atomic E-state index is 13.0. The third-order valence-electron chi connectivity index (χ3n) is 6.12. The molecule has 150 valence electrons. The number of carbonyl (C=O) groups is 1. The highest BCUT2D eigenvalue weighted by Crippen LogP contribution is 2.50. The average molecular weight is 407 g/mol. The molecule has 2 N–H and O–H groups in total. The summed E-state index contributed by atoms with van der Waals surface area (Å²) in [6.45, 7) is 9.27. The zero-order chi connectivity index (χ0) is 17.4. The fourth-order valence-electron chi connectivity index (χ4n) is 4.07. The zero-order valence-corrected chi connectivity index (χ0v) is 17.5. The van der Waals surface area contributed by atoms with Crippen LogP contribution in [0.25, 0.3) is 0 Å². The van der Waals surface area contributed by atoms with E-state index >= 15 is 0 Å². The van der Waals surface area contributed by atoms with Gasteiger partial charge in [-0.1, -0.05) is 13.8 Å². The van der Waals surface area contributed by atoms with Crippen molar-refractivity contribution in [1.29, 1.82) is 0 Å². The van der Waals surface area contributed by atoms with Crippen molar-refractivity contribution in [2.45, 2.75) is 58.2 Å². The molecular formula is C18H32Cl2N4O2. The number of likely N-dealkylation sites (tertiary alicyclic amines) is 1. The molecular weight excluding hydrogens is 375 g/mol. The molecule has 0 aromatic carbocycles. The van der Waals surface area contributed by atoms with Crippen molar-refractivity contribution in [2.75, 3.05) is 19.7 Å². The largest absolute Gasteiger partial charge is 0.378 e. The highest BCUT2D eigenvalue weighted by Gasteiger charge is 2.63. The summed E-state index contributed by atoms with van der Waals surface area (Å²) in [5, 5.41) is 4.27. The van der Waals surface area contributed by atoms with Crippen molar-refractivity contribution < 1.29 is 9.53 Å². The van der Waals surface area contributed by atoms with Crippen LogP contribution < -0.4 is 5.73 Å². The van der Waals surface area contributed by atoms with Crippen molar-refractivity contribution >= 4 is 30.7 Å². The van der Waals surface area contributed by atoms with Crippen LogP contribution in [0.5, 0.6) is 0 Å². The first-order valence-corrected chi connectivity index (χ1v) is 9.05. The molecule has 6 nitrogen and oxygen atoms in total. The predicted molar refractivity (Wildman–Crippen MR) is 107 cm³/mol. The van der Waals surface area contributed by atoms with Crippen LogP contribution >= 0.6 is 24.8 Å². The second-order valence-electron chi connectivity index (χ2n) is 7.80. The Kier molecular flexibility index (Phi) is 7.96. The van der Waals surface area contributed by atoms with Crippen molar-refractivity contribution in [1.82, 2.24) is 14.7 Å². The van der Waals surface area contributed by atoms with E-state index in [1.54, 1.807) is 0 Å². The fourth-order valence-corrected chi connectivity index (χ4v) is 4.07. The third kappa shape index (κ3) is 4.03. The van der Waals surface area contributed by atoms with Gasteiger partial charge in [0.25, 0.3) is 0 Å². The van der Waals surface area contributed by atoms with Crippen molar-refractivity contribution in [3.63, 3.8) is 0 Å². The molecule has 1 aromatic rings. The van der Waals surface area contributed by atoms with Gasteiger partial charge < -0.3 is 15.4 Å². The second kappa shape index (κ2) is 8.91. The minimum Gasteiger partial charge on any atom is -0.378 e. The van der Waals surface area contributed by atoms with E-state index in [-0.39, 0.29) is 42.2 Å². The molecule has 1 aliphatic carbocycles. The topological polar surface area (TPSA) is 73.4 Å². The van der Waals surface area contributed by atoms with Crippen LogP contribution in [-0.2, 0) is 16.1 Å². The Bertz CT molecular complexity index is 574. The quantitative estimate of drug-likeness (QED) is 0.814. The number of halogens is 2. The molecule has 2 fully saturated rings. The summed E-state index contributed by atoms with van der Waals surface area (Å²) in [6, 6.07) is 1.95. The number of rotatable bonds is 5. The number of hydrogen-bond acceptors (Lipinski definition) is 4. The summed E-state index contributed by atoms with van der Waals surface area (Å²) in [7, 11) is 0. The summed E-state index contributed by atoms with van der Waals surface area (Å²) in [5.74, 6) is 0.675. The molecule has 2 aliphatic rings. The summed E-state index contributed by atoms with van der Waals surface area (Å²) in [6.07, 6.45) is 6.53. The number of ether oxygens (including phenoxy) is 1. The van der Waals surface area contributed by atoms with E-state index in [0.29, 0.717) is 18.9 Å². The van der Waals surface area contributed by atoms with Gasteiger partial charge in [-0.25, -0.2) is 0 Å². The molecule has 1 saturated carbocycles. The Morgan fingerprint density at radius 3 is 2.46 bits per heavy atom. The van der Waals surface area contributed by atoms with Crippen molar-refractivity contribution in [3.05, 3.63) is 18.5 Å². The molecule has 0 spiro atoms. The maximum Gasteiger partial charge on any atom is 0.243 e. The number of carbonyl (C=O) groups excluding carboxylic acids is 1. The summed E-state index contributed by atoms with van der Waals surface area (Å²) < 4.78 is 7.72. The molecule has 2 unspecified atom stereocenters. The zero-order valence-electron chi connectivity index (χ0n) is 15.9. The average Bonchev–Trinajstić information content (AvgIpc) is 3.07. The van der Waals surface area contributed by atoms with Crippen LogP contribution in [0.2, 0.25) is 0 Å². The first-order chi connectivity index (χ1) is 11.4. The van der Waals surface area contributed by atoms with E-state index in [1.807, 2.05) is 35.0 Å². The van der Waals surface area contributed by atoms with E-state index in [0.717, 1.165) is 32.5 Å². The Labute approximate surface area is 168 Å². The third-order valence-corrected chi connectivity index (χ3v) is 6.12. The molecule has 0 radical (unpaired) electrons. The lowest BCUT2D eigenvalue weighted by atomic mass is 9.54. The Morgan fingerprint density at radius 1 is 1.31 bits per heavy atom. The second-order valence-corrected chi connectivity index (χ2v) is 7.80. The van der Waals surface area contributed by atoms with Crippen LogP contribution in [0.4, 0.5) is 0 Å². The minimum atomic E-state index is -0.790. The van der Waals surface area contributed by atoms with E-state index < -0.39 is 5.54 Å². The lowest BCUT2D eigenvalue weighted by Gasteiger charge is -2.59. The van der Waals surface area contributed by atoms with Gasteiger partial charge in [-0.3, -0.25) is 9.48 Å². The predicted octanol–water partition coefficient (Wildman–Crippen LogP) is 2.50. The fraction of sp³-hybridized carbons (Fsp3) is 0.778. The smallest absolute Gasteiger partial charge is 0.243 e. The number of nitrogens with two attached hydrogens (primary N) is 1. The van der Waals surface area contributed by atoms with Crippen LogP contribution in [0, 0.1) is 11.3 Å². The van der Waals surface area contributed by atoms with Gasteiger partial charge in [-0.05, 0) is 31.7 Å². The van der Waals surface area contributed by atoms with Gasteiger partial charge in [-0.2, -0.15) is 5.10 Å². The number of amides is 1. The molecule has 1 amide bonds. The molecule has 2 atom stereocenters. The molecule has 1 aromatic heterocycles. The standard InChI is InChI=1S/C18H30N4O2.2ClH/c1-4-24-15-12-18(19,17(15,2)3)16(23)21-10-6-14(7-11-21)13-22-9-5-8-20-22;;/h5,8-9,14-15H,4,6-7,10-13,19H2,1-3H3;2*1H. The molecule has 0 bridgehead atoms. The van der Waals surface area contributed by atoms with Crippen LogP contribution in [0.15, 0.2) is 18.5 Å². The van der Waals surface area contributed by atoms with Gasteiger partial charge in [-0.15, -0.1) is 24.8 Å². The number of hydrogen-bond donors (Lipinski definition) is 1. The molecule has 3 rings (SSSR count). The van der Waals surface area contributed by atoms with Crippen molar-refractivity contribution in [3.8, 4) is 0 Å². The molecule has 1 saturated heterocycles. The van der Waals surface area contributed by atoms with E-state index in [1.165, 1.54) is 0 Å². The Morgan fingerprint density at radius 2 is 1.96 bits per heavy atom. The molecule has 8 heteroatoms. The Balaban J connectivity index is 0.00000169. The normalized spacial score (nSPS) is 27.8. The van der Waals surface area contributed by atoms with E-state index in [4.69, 9.17) is 10.5 Å². The molecule has 2 heterocycles. The van der Waals surface area contributed by atoms with Gasteiger partial charge in [0.1, 0.15) is 5.54 Å². The molecule has 1 aliphatic heterocycles. The number of aromatic nitrogens is 2. The summed E-state index contributed by atoms with van der Waals surface area (Å²) >= 11 is 0. The minimum absolute atomic E-state index is 0. The maximum atomic E-state index is 13.0. The summed E-state index contributed by atoms with van der Waals surface area (Å²) in [4.78, 5) is 15.0. The highest BCUT2D eigenvalue weighted by atomic mass is 35.5. The van der Waals surface area contributed by atoms with Gasteiger partial charge in [0.15, 0.2) is 0 Å². The van der Waals surface area contributed by atoms with Crippen LogP contribution in [0.1, 0.15) is 40.0 Å². The molecule has 26 heavy (non-hydrogen) atoms. The van der Waals surface area contributed by atoms with Crippen LogP contribution in [-0.4, -0.2) is 51.9 Å². The van der Waals surface area contributed by atoms with Gasteiger partial charge in [0.05, 0.1) is 6.10 Å². The lowest BCUT2D eigenvalue weighted by Crippen LogP contribution is -2.76. The van der Waals surface area contributed by atoms with Gasteiger partial charge in [0.2, 0.25) is 5.91 Å². The summed E-state index contributed by atoms with van der Waals surface area (Å²) in [5.41, 5.74) is 5.43. The highest BCUT2D eigenvalue weighted by molar-refractivity contribution is 5.89. The monoisotopic (exact) mass is 406 g/mol. The first kappa shape index (κ1) is 23.2. The number of piperidine rings is 1. The lowest BCUT2D eigenvalue weighted by molar-refractivity contribution is -0.180. The van der Waals surface area contributed by atoms with Gasteiger partial charge in [0, 0.05) is 50.5 Å². The number of nitrogens with zero attached hydrogens (tertiary/aromatic N) is 3. The first-order valence-electron chi connectivity index (χ1n) is 9.05. The Hall–Kier alpha value is -0.820.